The van der Waals surface area contributed by atoms with Crippen molar-refractivity contribution in [2.24, 2.45) is 0 Å². The van der Waals surface area contributed by atoms with E-state index in [1.165, 1.54) is 0 Å². The average Bonchev–Trinajstić information content (AvgIpc) is 2.48. The highest BCUT2D eigenvalue weighted by Crippen LogP contribution is 2.18. The highest BCUT2D eigenvalue weighted by molar-refractivity contribution is 5.56. The molecule has 0 aliphatic heterocycles. The minimum Gasteiger partial charge on any atom is -0.370 e. The molecule has 0 radical (unpaired) electrons. The van der Waals surface area contributed by atoms with E-state index in [0.29, 0.717) is 12.1 Å². The fraction of sp³-hybridized carbons (Fsp3) is 0.267. The summed E-state index contributed by atoms with van der Waals surface area (Å²) in [7, 11) is 0. The van der Waals surface area contributed by atoms with E-state index in [1.807, 2.05) is 32.0 Å². The van der Waals surface area contributed by atoms with E-state index < -0.39 is 0 Å². The molecule has 0 spiro atoms. The Labute approximate surface area is 118 Å². The minimum absolute atomic E-state index is 0.624. The third kappa shape index (κ3) is 3.23. The molecule has 0 amide bonds. The maximum Gasteiger partial charge on any atom is 0.134 e. The molecule has 5 heteroatoms. The van der Waals surface area contributed by atoms with E-state index in [4.69, 9.17) is 5.26 Å². The third-order valence-electron chi connectivity index (χ3n) is 2.94. The molecular formula is C15H17N5. The molecular weight excluding hydrogens is 250 g/mol. The van der Waals surface area contributed by atoms with Crippen LogP contribution in [0.1, 0.15) is 23.6 Å². The molecule has 1 heterocycles. The Hall–Kier alpha value is -2.61. The monoisotopic (exact) mass is 267 g/mol. The van der Waals surface area contributed by atoms with Crippen molar-refractivity contribution in [2.75, 3.05) is 17.2 Å². The number of nitriles is 1. The second-order valence-electron chi connectivity index (χ2n) is 4.39. The van der Waals surface area contributed by atoms with Crippen LogP contribution in [-0.4, -0.2) is 16.5 Å². The molecule has 2 aromatic rings. The predicted octanol–water partition coefficient (Wildman–Crippen LogP) is 2.70. The van der Waals surface area contributed by atoms with E-state index in [0.717, 1.165) is 29.3 Å². The molecule has 0 bridgehead atoms. The van der Waals surface area contributed by atoms with Crippen molar-refractivity contribution in [3.8, 4) is 6.07 Å². The Balaban J connectivity index is 2.11. The van der Waals surface area contributed by atoms with Gasteiger partial charge in [0.25, 0.3) is 0 Å². The smallest absolute Gasteiger partial charge is 0.134 e. The molecule has 1 aromatic carbocycles. The van der Waals surface area contributed by atoms with E-state index in [-0.39, 0.29) is 0 Å². The first-order valence-electron chi connectivity index (χ1n) is 6.53. The summed E-state index contributed by atoms with van der Waals surface area (Å²) in [6, 6.07) is 9.67. The van der Waals surface area contributed by atoms with Gasteiger partial charge in [0.15, 0.2) is 0 Å². The van der Waals surface area contributed by atoms with E-state index in [9.17, 15) is 0 Å². The Morgan fingerprint density at radius 1 is 1.20 bits per heavy atom. The maximum atomic E-state index is 8.89. The zero-order valence-electron chi connectivity index (χ0n) is 11.6. The molecule has 5 nitrogen and oxygen atoms in total. The number of rotatable bonds is 5. The van der Waals surface area contributed by atoms with Gasteiger partial charge in [-0.25, -0.2) is 9.97 Å². The molecule has 0 aliphatic rings. The van der Waals surface area contributed by atoms with Crippen LogP contribution in [-0.2, 0) is 6.54 Å². The van der Waals surface area contributed by atoms with E-state index in [1.54, 1.807) is 12.4 Å². The summed E-state index contributed by atoms with van der Waals surface area (Å²) in [6.07, 6.45) is 1.54. The number of aromatic nitrogens is 2. The maximum absolute atomic E-state index is 8.89. The van der Waals surface area contributed by atoms with Gasteiger partial charge in [0.05, 0.1) is 11.6 Å². The van der Waals surface area contributed by atoms with Crippen LogP contribution in [0.4, 0.5) is 11.6 Å². The van der Waals surface area contributed by atoms with Crippen LogP contribution in [0, 0.1) is 18.3 Å². The molecule has 2 N–H and O–H groups in total. The first-order chi connectivity index (χ1) is 9.74. The number of hydrogen-bond acceptors (Lipinski definition) is 5. The van der Waals surface area contributed by atoms with Gasteiger partial charge >= 0.3 is 0 Å². The van der Waals surface area contributed by atoms with Crippen molar-refractivity contribution < 1.29 is 0 Å². The summed E-state index contributed by atoms with van der Waals surface area (Å²) in [5, 5.41) is 15.4. The lowest BCUT2D eigenvalue weighted by molar-refractivity contribution is 1.04. The van der Waals surface area contributed by atoms with Crippen LogP contribution < -0.4 is 10.6 Å². The number of nitrogens with zero attached hydrogens (tertiary/aromatic N) is 3. The number of nitrogens with one attached hydrogen (secondary N) is 2. The Kier molecular flexibility index (Phi) is 4.51. The van der Waals surface area contributed by atoms with Crippen LogP contribution >= 0.6 is 0 Å². The zero-order chi connectivity index (χ0) is 14.4. The molecule has 0 aliphatic carbocycles. The highest BCUT2D eigenvalue weighted by atomic mass is 15.1. The Morgan fingerprint density at radius 3 is 2.65 bits per heavy atom. The number of anilines is 2. The van der Waals surface area contributed by atoms with Gasteiger partial charge < -0.3 is 10.6 Å². The first kappa shape index (κ1) is 13.8. The molecule has 0 fully saturated rings. The molecule has 2 rings (SSSR count). The highest BCUT2D eigenvalue weighted by Gasteiger charge is 2.05. The van der Waals surface area contributed by atoms with E-state index in [2.05, 4.69) is 26.7 Å². The van der Waals surface area contributed by atoms with E-state index >= 15 is 0 Å². The van der Waals surface area contributed by atoms with Crippen LogP contribution in [0.5, 0.6) is 0 Å². The van der Waals surface area contributed by atoms with Crippen molar-refractivity contribution in [3.63, 3.8) is 0 Å². The standard InChI is InChI=1S/C15H17N5/c1-3-17-14-11(2)15(20-10-19-14)18-9-13-6-4-5-12(7-13)8-16/h4-7,10H,3,9H2,1-2H3,(H2,17,18,19,20). The largest absolute Gasteiger partial charge is 0.370 e. The second-order valence-corrected chi connectivity index (χ2v) is 4.39. The van der Waals surface area contributed by atoms with Gasteiger partial charge in [0.2, 0.25) is 0 Å². The quantitative estimate of drug-likeness (QED) is 0.871. The van der Waals surface area contributed by atoms with Crippen LogP contribution in [0.2, 0.25) is 0 Å². The summed E-state index contributed by atoms with van der Waals surface area (Å²) >= 11 is 0. The predicted molar refractivity (Wildman–Crippen MR) is 79.4 cm³/mol. The van der Waals surface area contributed by atoms with Crippen molar-refractivity contribution in [3.05, 3.63) is 47.3 Å². The van der Waals surface area contributed by atoms with Gasteiger partial charge in [-0.2, -0.15) is 5.26 Å². The van der Waals surface area contributed by atoms with Gasteiger partial charge in [-0.05, 0) is 31.5 Å². The zero-order valence-corrected chi connectivity index (χ0v) is 11.6. The normalized spacial score (nSPS) is 9.85. The summed E-state index contributed by atoms with van der Waals surface area (Å²) in [5.41, 5.74) is 2.70. The molecule has 0 saturated carbocycles. The summed E-state index contributed by atoms with van der Waals surface area (Å²) < 4.78 is 0. The molecule has 102 valence electrons. The average molecular weight is 267 g/mol. The summed E-state index contributed by atoms with van der Waals surface area (Å²) in [4.78, 5) is 8.46. The van der Waals surface area contributed by atoms with Gasteiger partial charge in [-0.3, -0.25) is 0 Å². The Morgan fingerprint density at radius 2 is 1.95 bits per heavy atom. The molecule has 1 aromatic heterocycles. The van der Waals surface area contributed by atoms with Gasteiger partial charge in [-0.15, -0.1) is 0 Å². The topological polar surface area (TPSA) is 73.6 Å². The minimum atomic E-state index is 0.624. The van der Waals surface area contributed by atoms with Crippen molar-refractivity contribution >= 4 is 11.6 Å². The fourth-order valence-corrected chi connectivity index (χ4v) is 1.91. The lowest BCUT2D eigenvalue weighted by atomic mass is 10.1. The van der Waals surface area contributed by atoms with Crippen molar-refractivity contribution in [2.45, 2.75) is 20.4 Å². The van der Waals surface area contributed by atoms with Crippen molar-refractivity contribution in [1.82, 2.24) is 9.97 Å². The molecule has 0 atom stereocenters. The van der Waals surface area contributed by atoms with Gasteiger partial charge in [-0.1, -0.05) is 12.1 Å². The molecule has 0 saturated heterocycles. The van der Waals surface area contributed by atoms with Gasteiger partial charge in [0.1, 0.15) is 18.0 Å². The Bertz CT molecular complexity index is 630. The summed E-state index contributed by atoms with van der Waals surface area (Å²) in [5.74, 6) is 1.65. The SMILES string of the molecule is CCNc1ncnc(NCc2cccc(C#N)c2)c1C. The van der Waals surface area contributed by atoms with Crippen LogP contribution in [0.15, 0.2) is 30.6 Å². The van der Waals surface area contributed by atoms with Crippen LogP contribution in [0.25, 0.3) is 0 Å². The fourth-order valence-electron chi connectivity index (χ4n) is 1.91. The molecule has 0 unspecified atom stereocenters. The lowest BCUT2D eigenvalue weighted by Crippen LogP contribution is -2.08. The number of hydrogen-bond donors (Lipinski definition) is 2. The van der Waals surface area contributed by atoms with Crippen molar-refractivity contribution in [1.29, 1.82) is 5.26 Å². The molecule has 20 heavy (non-hydrogen) atoms. The van der Waals surface area contributed by atoms with Gasteiger partial charge in [0, 0.05) is 18.7 Å². The number of benzene rings is 1. The lowest BCUT2D eigenvalue weighted by Gasteiger charge is -2.12. The second kappa shape index (κ2) is 6.53. The summed E-state index contributed by atoms with van der Waals surface area (Å²) in [6.45, 7) is 5.45. The van der Waals surface area contributed by atoms with Crippen LogP contribution in [0.3, 0.4) is 0 Å². The first-order valence-corrected chi connectivity index (χ1v) is 6.53. The third-order valence-corrected chi connectivity index (χ3v) is 2.94.